The molecule has 4 aromatic rings. The van der Waals surface area contributed by atoms with Crippen LogP contribution in [0.3, 0.4) is 0 Å². The van der Waals surface area contributed by atoms with E-state index in [1.54, 1.807) is 31.5 Å². The maximum atomic E-state index is 13.1. The van der Waals surface area contributed by atoms with Gasteiger partial charge >= 0.3 is 6.36 Å². The number of rotatable bonds is 5. The highest BCUT2D eigenvalue weighted by Gasteiger charge is 2.31. The normalized spacial score (nSPS) is 12.7. The van der Waals surface area contributed by atoms with E-state index in [4.69, 9.17) is 0 Å². The zero-order chi connectivity index (χ0) is 22.9. The summed E-state index contributed by atoms with van der Waals surface area (Å²) < 4.78 is 42.3. The third-order valence-electron chi connectivity index (χ3n) is 4.70. The van der Waals surface area contributed by atoms with Crippen molar-refractivity contribution in [3.05, 3.63) is 65.6 Å². The predicted molar refractivity (Wildman–Crippen MR) is 109 cm³/mol. The molecule has 11 heteroatoms. The average molecular weight is 443 g/mol. The number of halogens is 3. The molecule has 0 spiro atoms. The fraction of sp³-hybridized carbons (Fsp3) is 0.190. The van der Waals surface area contributed by atoms with Crippen molar-refractivity contribution < 1.29 is 23.0 Å². The number of fused-ring (bicyclic) bond motifs is 1. The van der Waals surface area contributed by atoms with E-state index in [1.165, 1.54) is 29.2 Å². The molecule has 0 aromatic carbocycles. The minimum Gasteiger partial charge on any atom is -0.394 e. The monoisotopic (exact) mass is 443 g/mol. The van der Waals surface area contributed by atoms with Crippen LogP contribution in [0.5, 0.6) is 5.88 Å². The van der Waals surface area contributed by atoms with Gasteiger partial charge in [0.25, 0.3) is 5.56 Å². The van der Waals surface area contributed by atoms with E-state index in [1.807, 2.05) is 0 Å². The molecule has 4 rings (SSSR count). The van der Waals surface area contributed by atoms with E-state index in [2.05, 4.69) is 24.7 Å². The van der Waals surface area contributed by atoms with Crippen LogP contribution in [0.25, 0.3) is 33.4 Å². The number of ether oxygens (including phenoxy) is 1. The predicted octanol–water partition coefficient (Wildman–Crippen LogP) is 3.37. The lowest BCUT2D eigenvalue weighted by molar-refractivity contribution is -0.276. The minimum absolute atomic E-state index is 0.229. The Bertz CT molecular complexity index is 1310. The molecule has 164 valence electrons. The molecule has 8 nitrogen and oxygen atoms in total. The Hall–Kier alpha value is -3.86. The van der Waals surface area contributed by atoms with Gasteiger partial charge in [0.1, 0.15) is 5.52 Å². The van der Waals surface area contributed by atoms with Gasteiger partial charge in [0, 0.05) is 35.8 Å². The zero-order valence-electron chi connectivity index (χ0n) is 16.6. The van der Waals surface area contributed by atoms with Gasteiger partial charge in [0.15, 0.2) is 0 Å². The highest BCUT2D eigenvalue weighted by atomic mass is 19.4. The van der Waals surface area contributed by atoms with Crippen LogP contribution in [0.4, 0.5) is 13.2 Å². The standard InChI is InChI=1S/C21H16F3N5O3/c1-12(10-30)29-11-27-19-15(20(29)31)7-16(28-18(19)14-3-2-6-25-8-14)13-4-5-17(26-9-13)32-21(22,23)24/h2-9,11-12,30H,10H2,1H3/t12-/m0/s1. The fourth-order valence-corrected chi connectivity index (χ4v) is 3.11. The number of aliphatic hydroxyl groups excluding tert-OH is 1. The van der Waals surface area contributed by atoms with E-state index in [9.17, 15) is 23.1 Å². The lowest BCUT2D eigenvalue weighted by Crippen LogP contribution is -2.25. The van der Waals surface area contributed by atoms with Gasteiger partial charge in [-0.25, -0.2) is 15.0 Å². The Kier molecular flexibility index (Phi) is 5.57. The summed E-state index contributed by atoms with van der Waals surface area (Å²) >= 11 is 0. The van der Waals surface area contributed by atoms with Gasteiger partial charge in [-0.15, -0.1) is 13.2 Å². The van der Waals surface area contributed by atoms with Gasteiger partial charge in [-0.1, -0.05) is 0 Å². The first-order valence-electron chi connectivity index (χ1n) is 9.42. The van der Waals surface area contributed by atoms with Gasteiger partial charge in [0.2, 0.25) is 5.88 Å². The number of pyridine rings is 3. The topological polar surface area (TPSA) is 103 Å². The summed E-state index contributed by atoms with van der Waals surface area (Å²) in [7, 11) is 0. The van der Waals surface area contributed by atoms with Crippen molar-refractivity contribution in [3.63, 3.8) is 0 Å². The largest absolute Gasteiger partial charge is 0.574 e. The van der Waals surface area contributed by atoms with Gasteiger partial charge < -0.3 is 9.84 Å². The highest BCUT2D eigenvalue weighted by Crippen LogP contribution is 2.29. The van der Waals surface area contributed by atoms with Gasteiger partial charge in [-0.05, 0) is 31.2 Å². The zero-order valence-corrected chi connectivity index (χ0v) is 16.6. The van der Waals surface area contributed by atoms with Crippen molar-refractivity contribution in [1.82, 2.24) is 24.5 Å². The van der Waals surface area contributed by atoms with E-state index in [0.717, 1.165) is 6.07 Å². The second-order valence-corrected chi connectivity index (χ2v) is 6.92. The molecule has 4 aromatic heterocycles. The molecule has 1 atom stereocenters. The highest BCUT2D eigenvalue weighted by molar-refractivity contribution is 5.93. The summed E-state index contributed by atoms with van der Waals surface area (Å²) in [5.74, 6) is -0.615. The van der Waals surface area contributed by atoms with E-state index < -0.39 is 23.8 Å². The van der Waals surface area contributed by atoms with E-state index in [-0.39, 0.29) is 12.0 Å². The summed E-state index contributed by atoms with van der Waals surface area (Å²) in [6.07, 6.45) is 0.810. The molecule has 0 amide bonds. The third-order valence-corrected chi connectivity index (χ3v) is 4.70. The molecule has 0 saturated heterocycles. The van der Waals surface area contributed by atoms with Crippen LogP contribution in [0, 0.1) is 0 Å². The summed E-state index contributed by atoms with van der Waals surface area (Å²) in [5.41, 5.74) is 1.59. The number of alkyl halides is 3. The molecule has 0 unspecified atom stereocenters. The molecule has 0 aliphatic heterocycles. The van der Waals surface area contributed by atoms with Crippen LogP contribution in [-0.2, 0) is 0 Å². The molecule has 1 N–H and O–H groups in total. The maximum Gasteiger partial charge on any atom is 0.574 e. The first-order valence-corrected chi connectivity index (χ1v) is 9.42. The lowest BCUT2D eigenvalue weighted by Gasteiger charge is -2.14. The SMILES string of the molecule is C[C@@H](CO)n1cnc2c(-c3cccnc3)nc(-c3ccc(OC(F)(F)F)nc3)cc2c1=O. The van der Waals surface area contributed by atoms with Crippen LogP contribution < -0.4 is 10.3 Å². The second kappa shape index (κ2) is 8.35. The van der Waals surface area contributed by atoms with Crippen LogP contribution in [0.15, 0.2) is 60.0 Å². The number of nitrogens with zero attached hydrogens (tertiary/aromatic N) is 5. The first kappa shape index (κ1) is 21.4. The molecule has 0 aliphatic carbocycles. The molecule has 4 heterocycles. The first-order chi connectivity index (χ1) is 15.3. The Morgan fingerprint density at radius 2 is 1.97 bits per heavy atom. The molecule has 0 fully saturated rings. The number of aliphatic hydroxyl groups is 1. The van der Waals surface area contributed by atoms with Gasteiger partial charge in [-0.2, -0.15) is 0 Å². The molecule has 0 saturated carbocycles. The Balaban J connectivity index is 1.91. The third kappa shape index (κ3) is 4.28. The smallest absolute Gasteiger partial charge is 0.394 e. The average Bonchev–Trinajstić information content (AvgIpc) is 2.78. The van der Waals surface area contributed by atoms with Crippen molar-refractivity contribution >= 4 is 10.9 Å². The van der Waals surface area contributed by atoms with Crippen LogP contribution >= 0.6 is 0 Å². The fourth-order valence-electron chi connectivity index (χ4n) is 3.11. The quantitative estimate of drug-likeness (QED) is 0.504. The number of hydrogen-bond acceptors (Lipinski definition) is 7. The Morgan fingerprint density at radius 1 is 1.16 bits per heavy atom. The van der Waals surface area contributed by atoms with Crippen molar-refractivity contribution in [2.75, 3.05) is 6.61 Å². The molecule has 32 heavy (non-hydrogen) atoms. The molecular formula is C21H16F3N5O3. The second-order valence-electron chi connectivity index (χ2n) is 6.92. The molecular weight excluding hydrogens is 427 g/mol. The van der Waals surface area contributed by atoms with Crippen molar-refractivity contribution in [2.24, 2.45) is 0 Å². The van der Waals surface area contributed by atoms with Gasteiger partial charge in [-0.3, -0.25) is 14.3 Å². The Morgan fingerprint density at radius 3 is 2.59 bits per heavy atom. The van der Waals surface area contributed by atoms with E-state index in [0.29, 0.717) is 28.0 Å². The molecule has 0 aliphatic rings. The minimum atomic E-state index is -4.86. The van der Waals surface area contributed by atoms with Crippen LogP contribution in [-0.4, -0.2) is 42.6 Å². The summed E-state index contributed by atoms with van der Waals surface area (Å²) in [6, 6.07) is 6.87. The maximum absolute atomic E-state index is 13.1. The van der Waals surface area contributed by atoms with Crippen molar-refractivity contribution in [1.29, 1.82) is 0 Å². The lowest BCUT2D eigenvalue weighted by atomic mass is 10.1. The van der Waals surface area contributed by atoms with Crippen molar-refractivity contribution in [3.8, 4) is 28.4 Å². The molecule has 0 radical (unpaired) electrons. The van der Waals surface area contributed by atoms with Gasteiger partial charge in [0.05, 0.1) is 35.8 Å². The molecule has 0 bridgehead atoms. The summed E-state index contributed by atoms with van der Waals surface area (Å²) in [6.45, 7) is 1.41. The summed E-state index contributed by atoms with van der Waals surface area (Å²) in [4.78, 5) is 29.8. The van der Waals surface area contributed by atoms with Crippen LogP contribution in [0.2, 0.25) is 0 Å². The number of aromatic nitrogens is 5. The van der Waals surface area contributed by atoms with Crippen LogP contribution in [0.1, 0.15) is 13.0 Å². The Labute approximate surface area is 179 Å². The van der Waals surface area contributed by atoms with E-state index >= 15 is 0 Å². The van der Waals surface area contributed by atoms with Crippen molar-refractivity contribution in [2.45, 2.75) is 19.3 Å². The number of hydrogen-bond donors (Lipinski definition) is 1. The summed E-state index contributed by atoms with van der Waals surface area (Å²) in [5, 5.41) is 9.68.